The van der Waals surface area contributed by atoms with Crippen LogP contribution in [0.3, 0.4) is 0 Å². The number of nitro benzene ring substituents is 1. The highest BCUT2D eigenvalue weighted by atomic mass is 16.8. The summed E-state index contributed by atoms with van der Waals surface area (Å²) < 4.78 is 32.3. The molecule has 2 fully saturated rings. The molecule has 0 spiro atoms. The van der Waals surface area contributed by atoms with Gasteiger partial charge in [0, 0.05) is 56.2 Å². The van der Waals surface area contributed by atoms with E-state index < -0.39 is 35.1 Å². The van der Waals surface area contributed by atoms with E-state index in [9.17, 15) is 25.1 Å². The minimum absolute atomic E-state index is 0.0345. The van der Waals surface area contributed by atoms with Crippen molar-refractivity contribution in [2.45, 2.75) is 102 Å². The van der Waals surface area contributed by atoms with Gasteiger partial charge < -0.3 is 38.7 Å². The molecule has 0 bridgehead atoms. The van der Waals surface area contributed by atoms with E-state index in [1.165, 1.54) is 24.3 Å². The number of unbranched alkanes of at least 4 members (excludes halogenated alkanes) is 2. The fourth-order valence-electron chi connectivity index (χ4n) is 9.22. The average Bonchev–Trinajstić information content (AvgIpc) is 3.25. The van der Waals surface area contributed by atoms with Crippen LogP contribution in [0.5, 0.6) is 17.2 Å². The van der Waals surface area contributed by atoms with Crippen LogP contribution in [0.2, 0.25) is 0 Å². The number of aliphatic hydroxyl groups excluding tert-OH is 2. The molecule has 6 rings (SSSR count). The van der Waals surface area contributed by atoms with E-state index in [0.717, 1.165) is 49.7 Å². The number of non-ortho nitro benzene ring substituents is 1. The highest BCUT2D eigenvalue weighted by molar-refractivity contribution is 6.03. The summed E-state index contributed by atoms with van der Waals surface area (Å²) in [6, 6.07) is 10.4. The van der Waals surface area contributed by atoms with Crippen LogP contribution < -0.4 is 14.2 Å². The number of benzene rings is 2. The third-order valence-electron chi connectivity index (χ3n) is 11.8. The normalized spacial score (nSPS) is 26.4. The monoisotopic (exact) mass is 817 g/mol. The van der Waals surface area contributed by atoms with E-state index >= 15 is 0 Å². The largest absolute Gasteiger partial charge is 0.490 e. The molecule has 2 aromatic rings. The molecule has 0 radical (unpaired) electrons. The Bertz CT molecular complexity index is 1810. The third kappa shape index (κ3) is 10.00. The van der Waals surface area contributed by atoms with Crippen LogP contribution in [-0.4, -0.2) is 89.5 Å². The van der Waals surface area contributed by atoms with E-state index in [4.69, 9.17) is 33.7 Å². The molecule has 2 aromatic carbocycles. The van der Waals surface area contributed by atoms with Gasteiger partial charge in [-0.3, -0.25) is 15.0 Å². The van der Waals surface area contributed by atoms with Crippen molar-refractivity contribution in [1.29, 1.82) is 0 Å². The van der Waals surface area contributed by atoms with Crippen molar-refractivity contribution in [2.75, 3.05) is 39.6 Å². The second-order valence-corrected chi connectivity index (χ2v) is 15.6. The average molecular weight is 818 g/mol. The number of nitrogens with zero attached hydrogens (tertiary/aromatic N) is 3. The number of oxime groups is 1. The zero-order valence-corrected chi connectivity index (χ0v) is 34.1. The Balaban J connectivity index is 1.55. The molecule has 1 saturated carbocycles. The first-order valence-corrected chi connectivity index (χ1v) is 21.1. The molecule has 320 valence electrons. The first-order valence-electron chi connectivity index (χ1n) is 21.1. The number of carbonyl (C=O) groups is 1. The first kappa shape index (κ1) is 43.8. The maximum atomic E-state index is 14.6. The van der Waals surface area contributed by atoms with Crippen LogP contribution in [0.1, 0.15) is 89.0 Å². The number of ether oxygens (including phenoxy) is 5. The van der Waals surface area contributed by atoms with Crippen LogP contribution in [0.25, 0.3) is 0 Å². The minimum atomic E-state index is -1.48. The summed E-state index contributed by atoms with van der Waals surface area (Å²) in [4.78, 5) is 33.3. The number of rotatable bonds is 21. The minimum Gasteiger partial charge on any atom is -0.490 e. The van der Waals surface area contributed by atoms with Crippen LogP contribution in [-0.2, 0) is 14.3 Å². The van der Waals surface area contributed by atoms with Gasteiger partial charge in [0.25, 0.3) is 5.69 Å². The summed E-state index contributed by atoms with van der Waals surface area (Å²) in [7, 11) is 0. The Morgan fingerprint density at radius 2 is 1.78 bits per heavy atom. The van der Waals surface area contributed by atoms with Crippen molar-refractivity contribution in [3.05, 3.63) is 95.1 Å². The topological polar surface area (TPSA) is 172 Å². The number of fused-ring (bicyclic) bond motifs is 2. The molecule has 2 heterocycles. The number of hydrogen-bond donors (Lipinski definition) is 2. The van der Waals surface area contributed by atoms with Crippen molar-refractivity contribution < 1.29 is 48.5 Å². The summed E-state index contributed by atoms with van der Waals surface area (Å²) in [6.45, 7) is 11.2. The second kappa shape index (κ2) is 21.0. The molecule has 14 heteroatoms. The third-order valence-corrected chi connectivity index (χ3v) is 11.8. The number of carbonyl (C=O) groups excluding carboxylic acids is 1. The van der Waals surface area contributed by atoms with Gasteiger partial charge in [0.1, 0.15) is 29.9 Å². The predicted octanol–water partition coefficient (Wildman–Crippen LogP) is 8.23. The van der Waals surface area contributed by atoms with E-state index in [2.05, 4.69) is 19.2 Å². The van der Waals surface area contributed by atoms with Gasteiger partial charge in [0.05, 0.1) is 29.8 Å². The maximum Gasteiger partial charge on any atom is 0.415 e. The Kier molecular flexibility index (Phi) is 15.6. The molecule has 59 heavy (non-hydrogen) atoms. The number of nitro groups is 1. The van der Waals surface area contributed by atoms with Gasteiger partial charge >= 0.3 is 6.09 Å². The summed E-state index contributed by atoms with van der Waals surface area (Å²) in [5.74, 6) is -0.724. The lowest BCUT2D eigenvalue weighted by molar-refractivity contribution is -0.384. The van der Waals surface area contributed by atoms with E-state index in [1.807, 2.05) is 25.1 Å². The van der Waals surface area contributed by atoms with Crippen molar-refractivity contribution in [3.8, 4) is 17.2 Å². The molecule has 2 N–H and O–H groups in total. The smallest absolute Gasteiger partial charge is 0.415 e. The molecule has 2 aliphatic heterocycles. The van der Waals surface area contributed by atoms with E-state index in [1.54, 1.807) is 17.1 Å². The van der Waals surface area contributed by atoms with Crippen molar-refractivity contribution in [3.63, 3.8) is 0 Å². The standard InChI is InChI=1S/C45H59N3O11/c1-4-22-47(44(51)57-33-18-16-32(17-19-33)48(52)53)40-30-38(46-59-41-15-9-12-27-55-41)36-28-31(13-7-10-23-49)35(14-8-11-24-50)42-37-29-34(54-25-5-2)20-21-39(37)58-45(40,43(36)42)56-26-6-3/h5-6,16-21,28-29,31,35,40-43,49-50H,2-4,7-15,22-27,30H2,1H3/t31-,35+,40-,41?,42+,43+,45+/m0/s1. The number of allylic oxidation sites excluding steroid dienone is 1. The Hall–Kier alpha value is -4.76. The summed E-state index contributed by atoms with van der Waals surface area (Å²) >= 11 is 0. The van der Waals surface area contributed by atoms with Gasteiger partial charge in [-0.05, 0) is 92.7 Å². The first-order chi connectivity index (χ1) is 28.8. The molecule has 2 aliphatic carbocycles. The number of hydrogen-bond acceptors (Lipinski definition) is 12. The summed E-state index contributed by atoms with van der Waals surface area (Å²) in [5.41, 5.74) is 2.36. The van der Waals surface area contributed by atoms with Gasteiger partial charge in [-0.1, -0.05) is 49.7 Å². The van der Waals surface area contributed by atoms with Crippen molar-refractivity contribution >= 4 is 17.5 Å². The highest BCUT2D eigenvalue weighted by Gasteiger charge is 2.65. The summed E-state index contributed by atoms with van der Waals surface area (Å²) in [6.07, 6.45) is 12.3. The molecule has 14 nitrogen and oxygen atoms in total. The Morgan fingerprint density at radius 3 is 2.46 bits per heavy atom. The van der Waals surface area contributed by atoms with Crippen molar-refractivity contribution in [1.82, 2.24) is 4.90 Å². The van der Waals surface area contributed by atoms with Gasteiger partial charge in [-0.25, -0.2) is 4.79 Å². The van der Waals surface area contributed by atoms with E-state index in [0.29, 0.717) is 56.1 Å². The lowest BCUT2D eigenvalue weighted by atomic mass is 9.55. The summed E-state index contributed by atoms with van der Waals surface area (Å²) in [5, 5.41) is 36.0. The second-order valence-electron chi connectivity index (χ2n) is 15.6. The van der Waals surface area contributed by atoms with Crippen LogP contribution in [0, 0.1) is 27.9 Å². The number of amides is 1. The van der Waals surface area contributed by atoms with E-state index in [-0.39, 0.29) is 62.0 Å². The zero-order valence-electron chi connectivity index (χ0n) is 34.1. The molecule has 4 aliphatic rings. The number of aliphatic hydroxyl groups is 2. The van der Waals surface area contributed by atoms with Crippen LogP contribution >= 0.6 is 0 Å². The Labute approximate surface area is 346 Å². The molecular formula is C45H59N3O11. The van der Waals surface area contributed by atoms with Gasteiger partial charge in [-0.2, -0.15) is 0 Å². The fourth-order valence-corrected chi connectivity index (χ4v) is 9.22. The highest BCUT2D eigenvalue weighted by Crippen LogP contribution is 2.62. The van der Waals surface area contributed by atoms with Gasteiger partial charge in [-0.15, -0.1) is 6.58 Å². The zero-order chi connectivity index (χ0) is 41.8. The molecule has 7 atom stereocenters. The fraction of sp³-hybridized carbons (Fsp3) is 0.556. The molecule has 0 aromatic heterocycles. The predicted molar refractivity (Wildman–Crippen MR) is 221 cm³/mol. The molecule has 1 saturated heterocycles. The van der Waals surface area contributed by atoms with Crippen LogP contribution in [0.15, 0.2) is 84.6 Å². The molecular weight excluding hydrogens is 759 g/mol. The molecule has 1 amide bonds. The SMILES string of the molecule is C=CCOc1ccc2c(c1)[C@H]1[C@H](CCCCO)[C@@H](CCCCO)C=C3C(=NOC4CCCCO4)C[C@H](N(CCC)C(=O)Oc4ccc([N+](=O)[O-])cc4)[C@@](OCC=C)(O2)[C@H]31. The van der Waals surface area contributed by atoms with Crippen molar-refractivity contribution in [2.24, 2.45) is 22.9 Å². The Morgan fingerprint density at radius 1 is 1.03 bits per heavy atom. The van der Waals surface area contributed by atoms with Crippen LogP contribution in [0.4, 0.5) is 10.5 Å². The lowest BCUT2D eigenvalue weighted by Gasteiger charge is -2.59. The maximum absolute atomic E-state index is 14.6. The molecule has 1 unspecified atom stereocenters. The van der Waals surface area contributed by atoms with Gasteiger partial charge in [0.15, 0.2) is 0 Å². The van der Waals surface area contributed by atoms with Gasteiger partial charge in [0.2, 0.25) is 12.1 Å². The lowest BCUT2D eigenvalue weighted by Crippen LogP contribution is -2.70. The quantitative estimate of drug-likeness (QED) is 0.0538.